The van der Waals surface area contributed by atoms with Gasteiger partial charge < -0.3 is 19.9 Å². The number of amides is 1. The number of carbonyl (C=O) groups is 2. The Kier molecular flexibility index (Phi) is 4.31. The van der Waals surface area contributed by atoms with Crippen LogP contribution in [0.3, 0.4) is 0 Å². The summed E-state index contributed by atoms with van der Waals surface area (Å²) in [7, 11) is 0. The first kappa shape index (κ1) is 16.8. The van der Waals surface area contributed by atoms with Crippen molar-refractivity contribution in [3.8, 4) is 17.2 Å². The molecule has 2 N–H and O–H groups in total. The highest BCUT2D eigenvalue weighted by atomic mass is 16.5. The van der Waals surface area contributed by atoms with Crippen LogP contribution in [-0.4, -0.2) is 34.0 Å². The molecular weight excluding hydrogens is 324 g/mol. The van der Waals surface area contributed by atoms with Crippen LogP contribution in [-0.2, 0) is 4.79 Å². The number of nitrogens with one attached hydrogen (secondary N) is 1. The molecule has 0 bridgehead atoms. The normalized spacial score (nSPS) is 15.0. The standard InChI is InChI=1S/C18H18N2O5/c1-18(2)9-13(22)17-12(21)7-11(8-14(17)25-18)24-10-16(23)20-15-5-3-4-6-19-15/h3-8,21H,9-10H2,1-2H3,(H,19,20,23). The molecule has 1 aromatic carbocycles. The van der Waals surface area contributed by atoms with Gasteiger partial charge in [0.05, 0.1) is 6.42 Å². The van der Waals surface area contributed by atoms with E-state index in [2.05, 4.69) is 10.3 Å². The average Bonchev–Trinajstić information content (AvgIpc) is 2.52. The van der Waals surface area contributed by atoms with Gasteiger partial charge in [-0.1, -0.05) is 6.07 Å². The van der Waals surface area contributed by atoms with Gasteiger partial charge in [-0.3, -0.25) is 9.59 Å². The summed E-state index contributed by atoms with van der Waals surface area (Å²) >= 11 is 0. The molecule has 3 rings (SSSR count). The summed E-state index contributed by atoms with van der Waals surface area (Å²) in [6.45, 7) is 3.31. The second-order valence-corrected chi connectivity index (χ2v) is 6.33. The summed E-state index contributed by atoms with van der Waals surface area (Å²) in [5.41, 5.74) is -0.518. The second-order valence-electron chi connectivity index (χ2n) is 6.33. The SMILES string of the molecule is CC1(C)CC(=O)c2c(O)cc(OCC(=O)Nc3ccccn3)cc2O1. The molecular formula is C18H18N2O5. The Hall–Kier alpha value is -3.09. The molecule has 7 heteroatoms. The van der Waals surface area contributed by atoms with Gasteiger partial charge in [-0.05, 0) is 26.0 Å². The number of aromatic hydroxyl groups is 1. The van der Waals surface area contributed by atoms with Crippen molar-refractivity contribution in [3.63, 3.8) is 0 Å². The van der Waals surface area contributed by atoms with Crippen LogP contribution in [0.1, 0.15) is 30.6 Å². The number of fused-ring (bicyclic) bond motifs is 1. The number of carbonyl (C=O) groups excluding carboxylic acids is 2. The quantitative estimate of drug-likeness (QED) is 0.886. The Morgan fingerprint density at radius 2 is 2.20 bits per heavy atom. The predicted molar refractivity (Wildman–Crippen MR) is 90.1 cm³/mol. The molecule has 0 unspecified atom stereocenters. The Labute approximate surface area is 144 Å². The molecule has 25 heavy (non-hydrogen) atoms. The lowest BCUT2D eigenvalue weighted by Gasteiger charge is -2.32. The number of phenols is 1. The summed E-state index contributed by atoms with van der Waals surface area (Å²) < 4.78 is 11.1. The van der Waals surface area contributed by atoms with E-state index in [-0.39, 0.29) is 41.6 Å². The highest BCUT2D eigenvalue weighted by Crippen LogP contribution is 2.40. The first-order valence-corrected chi connectivity index (χ1v) is 7.77. The van der Waals surface area contributed by atoms with Crippen molar-refractivity contribution in [1.82, 2.24) is 4.98 Å². The number of hydrogen-bond acceptors (Lipinski definition) is 6. The Balaban J connectivity index is 1.71. The zero-order valence-corrected chi connectivity index (χ0v) is 13.9. The lowest BCUT2D eigenvalue weighted by Crippen LogP contribution is -2.35. The Morgan fingerprint density at radius 3 is 2.92 bits per heavy atom. The van der Waals surface area contributed by atoms with Crippen molar-refractivity contribution in [1.29, 1.82) is 0 Å². The summed E-state index contributed by atoms with van der Waals surface area (Å²) in [5, 5.41) is 12.7. The van der Waals surface area contributed by atoms with Crippen molar-refractivity contribution in [3.05, 3.63) is 42.1 Å². The van der Waals surface area contributed by atoms with E-state index in [4.69, 9.17) is 9.47 Å². The third kappa shape index (κ3) is 3.88. The van der Waals surface area contributed by atoms with Crippen LogP contribution in [0, 0.1) is 0 Å². The Morgan fingerprint density at radius 1 is 1.40 bits per heavy atom. The van der Waals surface area contributed by atoms with E-state index < -0.39 is 11.5 Å². The second kappa shape index (κ2) is 6.43. The van der Waals surface area contributed by atoms with Gasteiger partial charge in [-0.25, -0.2) is 4.98 Å². The van der Waals surface area contributed by atoms with E-state index in [0.29, 0.717) is 5.82 Å². The summed E-state index contributed by atoms with van der Waals surface area (Å²) in [6, 6.07) is 7.95. The number of nitrogens with zero attached hydrogens (tertiary/aromatic N) is 1. The zero-order chi connectivity index (χ0) is 18.0. The highest BCUT2D eigenvalue weighted by Gasteiger charge is 2.34. The maximum absolute atomic E-state index is 12.2. The van der Waals surface area contributed by atoms with Crippen LogP contribution < -0.4 is 14.8 Å². The number of anilines is 1. The molecule has 2 heterocycles. The number of ketones is 1. The van der Waals surface area contributed by atoms with Gasteiger partial charge in [-0.2, -0.15) is 0 Å². The molecule has 0 aliphatic carbocycles. The molecule has 0 radical (unpaired) electrons. The van der Waals surface area contributed by atoms with Gasteiger partial charge in [0.2, 0.25) is 0 Å². The number of hydrogen-bond donors (Lipinski definition) is 2. The van der Waals surface area contributed by atoms with E-state index >= 15 is 0 Å². The molecule has 2 aromatic rings. The summed E-state index contributed by atoms with van der Waals surface area (Å²) in [5.74, 6) is 0.0916. The van der Waals surface area contributed by atoms with E-state index in [9.17, 15) is 14.7 Å². The topological polar surface area (TPSA) is 97.8 Å². The van der Waals surface area contributed by atoms with Gasteiger partial charge in [0, 0.05) is 18.3 Å². The fourth-order valence-electron chi connectivity index (χ4n) is 2.59. The zero-order valence-electron chi connectivity index (χ0n) is 13.9. The predicted octanol–water partition coefficient (Wildman–Crippen LogP) is 2.55. The number of ether oxygens (including phenoxy) is 2. The Bertz CT molecular complexity index is 818. The van der Waals surface area contributed by atoms with Crippen molar-refractivity contribution in [2.24, 2.45) is 0 Å². The van der Waals surface area contributed by atoms with Crippen LogP contribution in [0.2, 0.25) is 0 Å². The molecule has 1 aliphatic rings. The first-order chi connectivity index (χ1) is 11.8. The number of aromatic nitrogens is 1. The van der Waals surface area contributed by atoms with Crippen LogP contribution in [0.4, 0.5) is 5.82 Å². The van der Waals surface area contributed by atoms with E-state index in [1.54, 1.807) is 38.2 Å². The molecule has 0 saturated carbocycles. The molecule has 1 aromatic heterocycles. The molecule has 0 atom stereocenters. The van der Waals surface area contributed by atoms with Crippen LogP contribution >= 0.6 is 0 Å². The minimum atomic E-state index is -0.661. The van der Waals surface area contributed by atoms with Crippen molar-refractivity contribution >= 4 is 17.5 Å². The number of phenolic OH excluding ortho intramolecular Hbond substituents is 1. The molecule has 0 spiro atoms. The van der Waals surface area contributed by atoms with Crippen molar-refractivity contribution < 1.29 is 24.2 Å². The van der Waals surface area contributed by atoms with Gasteiger partial charge in [0.1, 0.15) is 34.2 Å². The highest BCUT2D eigenvalue weighted by molar-refractivity contribution is 6.03. The maximum atomic E-state index is 12.2. The number of pyridine rings is 1. The smallest absolute Gasteiger partial charge is 0.263 e. The first-order valence-electron chi connectivity index (χ1n) is 7.77. The summed E-state index contributed by atoms with van der Waals surface area (Å²) in [4.78, 5) is 28.0. The number of benzene rings is 1. The number of Topliss-reactive ketones (excluding diaryl/α,β-unsaturated/α-hetero) is 1. The van der Waals surface area contributed by atoms with E-state index in [1.807, 2.05) is 0 Å². The van der Waals surface area contributed by atoms with Crippen LogP contribution in [0.15, 0.2) is 36.5 Å². The minimum Gasteiger partial charge on any atom is -0.507 e. The van der Waals surface area contributed by atoms with Gasteiger partial charge in [0.25, 0.3) is 5.91 Å². The monoisotopic (exact) mass is 342 g/mol. The largest absolute Gasteiger partial charge is 0.507 e. The molecule has 7 nitrogen and oxygen atoms in total. The lowest BCUT2D eigenvalue weighted by molar-refractivity contribution is -0.118. The summed E-state index contributed by atoms with van der Waals surface area (Å²) in [6.07, 6.45) is 1.74. The fraction of sp³-hybridized carbons (Fsp3) is 0.278. The molecule has 1 aliphatic heterocycles. The maximum Gasteiger partial charge on any atom is 0.263 e. The fourth-order valence-corrected chi connectivity index (χ4v) is 2.59. The van der Waals surface area contributed by atoms with Gasteiger partial charge in [-0.15, -0.1) is 0 Å². The molecule has 0 fully saturated rings. The molecule has 1 amide bonds. The van der Waals surface area contributed by atoms with Crippen LogP contribution in [0.25, 0.3) is 0 Å². The molecule has 0 saturated heterocycles. The number of rotatable bonds is 4. The van der Waals surface area contributed by atoms with Gasteiger partial charge in [0.15, 0.2) is 12.4 Å². The average molecular weight is 342 g/mol. The third-order valence-corrected chi connectivity index (χ3v) is 3.61. The lowest BCUT2D eigenvalue weighted by atomic mass is 9.92. The minimum absolute atomic E-state index is 0.143. The van der Waals surface area contributed by atoms with E-state index in [1.165, 1.54) is 12.1 Å². The third-order valence-electron chi connectivity index (χ3n) is 3.61. The molecule has 130 valence electrons. The van der Waals surface area contributed by atoms with Crippen LogP contribution in [0.5, 0.6) is 17.2 Å². The van der Waals surface area contributed by atoms with Gasteiger partial charge >= 0.3 is 0 Å². The van der Waals surface area contributed by atoms with Crippen molar-refractivity contribution in [2.45, 2.75) is 25.9 Å². The van der Waals surface area contributed by atoms with E-state index in [0.717, 1.165) is 0 Å². The van der Waals surface area contributed by atoms with Crippen molar-refractivity contribution in [2.75, 3.05) is 11.9 Å².